The fourth-order valence-corrected chi connectivity index (χ4v) is 10.1. The van der Waals surface area contributed by atoms with Crippen LogP contribution < -0.4 is 9.80 Å². The zero-order chi connectivity index (χ0) is 47.3. The fraction of sp³-hybridized carbons (Fsp3) is 0. The second-order valence-electron chi connectivity index (χ2n) is 17.7. The molecule has 3 nitrogen and oxygen atoms in total. The topological polar surface area (TPSA) is 11.4 Å². The molecule has 13 aromatic rings. The van der Waals surface area contributed by atoms with Crippen molar-refractivity contribution >= 4 is 77.5 Å². The standard InChI is InChI=1S/C44H32N2.C24H17N/c1-3-17-37(18-4-1)45(43-23-11-15-35-13-7-9-21-41(35)43)39-29-25-33(26-30-39)34-27-31-40(32-28-34)46(38-19-5-2-6-20-38)44-24-12-16-36-14-8-10-22-42(36)44;1-2-10-18(11-3-1)19-12-4-7-15-22(19)25-23-16-8-5-13-20(23)21-14-6-9-17-24(21)25/h1-32H;1-17H. The minimum Gasteiger partial charge on any atom is -0.310 e. The molecule has 0 unspecified atom stereocenters. The number of hydrogen-bond acceptors (Lipinski definition) is 2. The second-order valence-corrected chi connectivity index (χ2v) is 17.7. The molecule has 0 amide bonds. The molecule has 0 atom stereocenters. The highest BCUT2D eigenvalue weighted by Gasteiger charge is 2.18. The van der Waals surface area contributed by atoms with E-state index in [1.54, 1.807) is 0 Å². The van der Waals surface area contributed by atoms with Gasteiger partial charge in [-0.15, -0.1) is 0 Å². The zero-order valence-electron chi connectivity index (χ0n) is 39.1. The van der Waals surface area contributed by atoms with E-state index >= 15 is 0 Å². The van der Waals surface area contributed by atoms with Crippen LogP contribution in [0, 0.1) is 0 Å². The number of hydrogen-bond donors (Lipinski definition) is 0. The van der Waals surface area contributed by atoms with Gasteiger partial charge >= 0.3 is 0 Å². The van der Waals surface area contributed by atoms with Crippen LogP contribution in [0.2, 0.25) is 0 Å². The smallest absolute Gasteiger partial charge is 0.0541 e. The summed E-state index contributed by atoms with van der Waals surface area (Å²) in [4.78, 5) is 4.69. The first-order valence-corrected chi connectivity index (χ1v) is 24.3. The number of anilines is 6. The van der Waals surface area contributed by atoms with Gasteiger partial charge in [0, 0.05) is 49.9 Å². The summed E-state index contributed by atoms with van der Waals surface area (Å²) in [5.41, 5.74) is 15.4. The minimum atomic E-state index is 1.12. The van der Waals surface area contributed by atoms with Crippen molar-refractivity contribution in [3.8, 4) is 27.9 Å². The Hall–Kier alpha value is -9.44. The van der Waals surface area contributed by atoms with Gasteiger partial charge in [-0.05, 0) is 106 Å². The Morgan fingerprint density at radius 3 is 1.06 bits per heavy atom. The van der Waals surface area contributed by atoms with Crippen LogP contribution in [0.3, 0.4) is 0 Å². The van der Waals surface area contributed by atoms with E-state index in [1.165, 1.54) is 71.3 Å². The Labute approximate surface area is 415 Å². The van der Waals surface area contributed by atoms with E-state index in [1.807, 2.05) is 0 Å². The molecule has 71 heavy (non-hydrogen) atoms. The molecule has 336 valence electrons. The van der Waals surface area contributed by atoms with Crippen LogP contribution in [0.1, 0.15) is 0 Å². The van der Waals surface area contributed by atoms with Gasteiger partial charge in [0.2, 0.25) is 0 Å². The molecule has 1 aromatic heterocycles. The molecule has 0 radical (unpaired) electrons. The number of para-hydroxylation sites is 5. The molecular weight excluding hydrogens is 859 g/mol. The van der Waals surface area contributed by atoms with E-state index in [2.05, 4.69) is 312 Å². The quantitative estimate of drug-likeness (QED) is 0.143. The molecule has 0 bridgehead atoms. The van der Waals surface area contributed by atoms with Gasteiger partial charge in [0.1, 0.15) is 0 Å². The van der Waals surface area contributed by atoms with Gasteiger partial charge in [-0.3, -0.25) is 0 Å². The summed E-state index contributed by atoms with van der Waals surface area (Å²) in [7, 11) is 0. The molecule has 0 aliphatic carbocycles. The molecule has 0 N–H and O–H groups in total. The van der Waals surface area contributed by atoms with Gasteiger partial charge in [-0.25, -0.2) is 0 Å². The average Bonchev–Trinajstić information content (AvgIpc) is 3.79. The number of nitrogens with zero attached hydrogens (tertiary/aromatic N) is 3. The van der Waals surface area contributed by atoms with Crippen LogP contribution in [-0.4, -0.2) is 4.57 Å². The van der Waals surface area contributed by atoms with Gasteiger partial charge in [0.15, 0.2) is 0 Å². The van der Waals surface area contributed by atoms with Crippen LogP contribution in [0.4, 0.5) is 34.1 Å². The summed E-state index contributed by atoms with van der Waals surface area (Å²) >= 11 is 0. The lowest BCUT2D eigenvalue weighted by atomic mass is 10.0. The van der Waals surface area contributed by atoms with Crippen molar-refractivity contribution in [2.45, 2.75) is 0 Å². The molecule has 12 aromatic carbocycles. The first-order valence-electron chi connectivity index (χ1n) is 24.3. The van der Waals surface area contributed by atoms with Crippen LogP contribution in [0.25, 0.3) is 71.3 Å². The van der Waals surface area contributed by atoms with Crippen molar-refractivity contribution in [3.05, 3.63) is 297 Å². The Morgan fingerprint density at radius 2 is 0.577 bits per heavy atom. The normalized spacial score (nSPS) is 11.1. The summed E-state index contributed by atoms with van der Waals surface area (Å²) in [6.07, 6.45) is 0. The van der Waals surface area contributed by atoms with E-state index in [-0.39, 0.29) is 0 Å². The van der Waals surface area contributed by atoms with Crippen molar-refractivity contribution in [2.24, 2.45) is 0 Å². The predicted octanol–water partition coefficient (Wildman–Crippen LogP) is 19.1. The molecule has 0 aliphatic heterocycles. The molecule has 0 aliphatic rings. The SMILES string of the molecule is c1ccc(-c2ccccc2-n2c3ccccc3c3ccccc32)cc1.c1ccc(N(c2ccc(-c3ccc(N(c4ccccc4)c4cccc5ccccc45)cc3)cc2)c2cccc3ccccc23)cc1. The lowest BCUT2D eigenvalue weighted by Crippen LogP contribution is -2.10. The lowest BCUT2D eigenvalue weighted by molar-refractivity contribution is 1.18. The van der Waals surface area contributed by atoms with Crippen molar-refractivity contribution in [1.82, 2.24) is 4.57 Å². The maximum Gasteiger partial charge on any atom is 0.0541 e. The summed E-state index contributed by atoms with van der Waals surface area (Å²) in [5, 5.41) is 7.49. The number of aromatic nitrogens is 1. The van der Waals surface area contributed by atoms with E-state index in [9.17, 15) is 0 Å². The lowest BCUT2D eigenvalue weighted by Gasteiger charge is -2.27. The van der Waals surface area contributed by atoms with Crippen molar-refractivity contribution < 1.29 is 0 Å². The summed E-state index contributed by atoms with van der Waals surface area (Å²) < 4.78 is 2.38. The third kappa shape index (κ3) is 8.37. The van der Waals surface area contributed by atoms with Gasteiger partial charge in [0.25, 0.3) is 0 Å². The number of rotatable bonds is 9. The minimum absolute atomic E-state index is 1.12. The first kappa shape index (κ1) is 42.9. The maximum absolute atomic E-state index is 2.38. The van der Waals surface area contributed by atoms with E-state index in [0.29, 0.717) is 0 Å². The van der Waals surface area contributed by atoms with Crippen molar-refractivity contribution in [1.29, 1.82) is 0 Å². The fourth-order valence-electron chi connectivity index (χ4n) is 10.1. The maximum atomic E-state index is 2.38. The van der Waals surface area contributed by atoms with Crippen molar-refractivity contribution in [3.63, 3.8) is 0 Å². The van der Waals surface area contributed by atoms with Crippen LogP contribution in [0.15, 0.2) is 297 Å². The Balaban J connectivity index is 0.000000173. The Morgan fingerprint density at radius 1 is 0.225 bits per heavy atom. The predicted molar refractivity (Wildman–Crippen MR) is 302 cm³/mol. The Kier molecular flexibility index (Phi) is 11.6. The molecule has 0 spiro atoms. The monoisotopic (exact) mass is 907 g/mol. The summed E-state index contributed by atoms with van der Waals surface area (Å²) in [5.74, 6) is 0. The van der Waals surface area contributed by atoms with E-state index < -0.39 is 0 Å². The number of benzene rings is 12. The Bertz CT molecular complexity index is 3690. The third-order valence-corrected chi connectivity index (χ3v) is 13.4. The van der Waals surface area contributed by atoms with Gasteiger partial charge < -0.3 is 14.4 Å². The highest BCUT2D eigenvalue weighted by molar-refractivity contribution is 6.10. The van der Waals surface area contributed by atoms with E-state index in [4.69, 9.17) is 0 Å². The molecule has 1 heterocycles. The van der Waals surface area contributed by atoms with E-state index in [0.717, 1.165) is 34.1 Å². The second kappa shape index (κ2) is 19.3. The summed E-state index contributed by atoms with van der Waals surface area (Å²) in [6, 6.07) is 106. The molecule has 0 saturated heterocycles. The van der Waals surface area contributed by atoms with Crippen molar-refractivity contribution in [2.75, 3.05) is 9.80 Å². The third-order valence-electron chi connectivity index (χ3n) is 13.4. The summed E-state index contributed by atoms with van der Waals surface area (Å²) in [6.45, 7) is 0. The molecule has 0 saturated carbocycles. The van der Waals surface area contributed by atoms with Crippen LogP contribution in [-0.2, 0) is 0 Å². The highest BCUT2D eigenvalue weighted by atomic mass is 15.1. The van der Waals surface area contributed by atoms with Gasteiger partial charge in [-0.1, -0.05) is 218 Å². The largest absolute Gasteiger partial charge is 0.310 e. The molecular formula is C68H49N3. The van der Waals surface area contributed by atoms with Crippen LogP contribution in [0.5, 0.6) is 0 Å². The van der Waals surface area contributed by atoms with Gasteiger partial charge in [0.05, 0.1) is 28.1 Å². The molecule has 13 rings (SSSR count). The molecule has 0 fully saturated rings. The number of fused-ring (bicyclic) bond motifs is 5. The average molecular weight is 908 g/mol. The molecule has 3 heteroatoms. The van der Waals surface area contributed by atoms with Crippen LogP contribution >= 0.6 is 0 Å². The first-order chi connectivity index (χ1) is 35.3. The zero-order valence-corrected chi connectivity index (χ0v) is 39.1. The van der Waals surface area contributed by atoms with Gasteiger partial charge in [-0.2, -0.15) is 0 Å². The highest BCUT2D eigenvalue weighted by Crippen LogP contribution is 2.42.